The summed E-state index contributed by atoms with van der Waals surface area (Å²) >= 11 is 0. The minimum absolute atomic E-state index is 0.0193. The lowest BCUT2D eigenvalue weighted by Gasteiger charge is -2.05. The highest BCUT2D eigenvalue weighted by Crippen LogP contribution is 2.47. The Morgan fingerprint density at radius 3 is 2.50 bits per heavy atom. The van der Waals surface area contributed by atoms with E-state index in [0.717, 1.165) is 30.5 Å². The smallest absolute Gasteiger partial charge is 0.243 e. The first-order chi connectivity index (χ1) is 11.7. The lowest BCUT2D eigenvalue weighted by molar-refractivity contribution is -0.122. The largest absolute Gasteiger partial charge is 0.273 e. The molecule has 0 saturated heterocycles. The van der Waals surface area contributed by atoms with Gasteiger partial charge in [0.25, 0.3) is 0 Å². The second kappa shape index (κ2) is 7.43. The van der Waals surface area contributed by atoms with Crippen molar-refractivity contribution in [3.8, 4) is 0 Å². The quantitative estimate of drug-likeness (QED) is 0.626. The Bertz CT molecular complexity index is 719. The molecule has 1 N–H and O–H groups in total. The molecule has 1 aliphatic rings. The van der Waals surface area contributed by atoms with Crippen LogP contribution in [0.1, 0.15) is 49.3 Å². The number of nitrogens with one attached hydrogen (secondary N) is 1. The monoisotopic (exact) mass is 320 g/mol. The SMILES string of the molecule is CCCc1ccc(C(C)=NNC(=O)C2CC2c2ccccc2)cc1. The average molecular weight is 320 g/mol. The predicted molar refractivity (Wildman–Crippen MR) is 98.1 cm³/mol. The molecule has 2 unspecified atom stereocenters. The molecule has 2 atom stereocenters. The molecule has 1 aliphatic carbocycles. The maximum atomic E-state index is 12.2. The summed E-state index contributed by atoms with van der Waals surface area (Å²) in [5.41, 5.74) is 7.19. The van der Waals surface area contributed by atoms with Crippen LogP contribution in [0.3, 0.4) is 0 Å². The van der Waals surface area contributed by atoms with Crippen LogP contribution in [0.15, 0.2) is 59.7 Å². The Labute approximate surface area is 143 Å². The Hall–Kier alpha value is -2.42. The Morgan fingerprint density at radius 2 is 1.83 bits per heavy atom. The van der Waals surface area contributed by atoms with Gasteiger partial charge in [0.15, 0.2) is 0 Å². The van der Waals surface area contributed by atoms with E-state index in [1.165, 1.54) is 11.1 Å². The lowest BCUT2D eigenvalue weighted by Crippen LogP contribution is -2.21. The number of aryl methyl sites for hydroxylation is 1. The first-order valence-corrected chi connectivity index (χ1v) is 8.67. The molecule has 0 heterocycles. The van der Waals surface area contributed by atoms with Crippen LogP contribution in [0.5, 0.6) is 0 Å². The van der Waals surface area contributed by atoms with Gasteiger partial charge in [-0.3, -0.25) is 4.79 Å². The third-order valence-corrected chi connectivity index (χ3v) is 4.60. The van der Waals surface area contributed by atoms with Crippen LogP contribution in [0.2, 0.25) is 0 Å². The molecule has 1 amide bonds. The van der Waals surface area contributed by atoms with Gasteiger partial charge in [-0.05, 0) is 42.4 Å². The van der Waals surface area contributed by atoms with E-state index in [4.69, 9.17) is 0 Å². The average Bonchev–Trinajstić information content (AvgIpc) is 3.42. The molecule has 3 heteroatoms. The summed E-state index contributed by atoms with van der Waals surface area (Å²) in [7, 11) is 0. The van der Waals surface area contributed by atoms with Crippen LogP contribution in [-0.4, -0.2) is 11.6 Å². The van der Waals surface area contributed by atoms with E-state index in [1.54, 1.807) is 0 Å². The van der Waals surface area contributed by atoms with Crippen LogP contribution in [0.25, 0.3) is 0 Å². The van der Waals surface area contributed by atoms with Gasteiger partial charge in [-0.15, -0.1) is 0 Å². The maximum Gasteiger partial charge on any atom is 0.243 e. The van der Waals surface area contributed by atoms with Crippen molar-refractivity contribution in [1.82, 2.24) is 5.43 Å². The summed E-state index contributed by atoms with van der Waals surface area (Å²) < 4.78 is 0. The van der Waals surface area contributed by atoms with E-state index in [9.17, 15) is 4.79 Å². The zero-order chi connectivity index (χ0) is 16.9. The number of hydrogen-bond donors (Lipinski definition) is 1. The standard InChI is InChI=1S/C21H24N2O/c1-3-7-16-10-12-17(13-11-16)15(2)22-23-21(24)20-14-19(20)18-8-5-4-6-9-18/h4-6,8-13,19-20H,3,7,14H2,1-2H3,(H,23,24). The van der Waals surface area contributed by atoms with Crippen molar-refractivity contribution in [2.75, 3.05) is 0 Å². The molecule has 0 aliphatic heterocycles. The lowest BCUT2D eigenvalue weighted by atomic mass is 10.1. The molecule has 0 aromatic heterocycles. The van der Waals surface area contributed by atoms with Crippen molar-refractivity contribution in [2.45, 2.75) is 39.0 Å². The highest BCUT2D eigenvalue weighted by atomic mass is 16.2. The number of carbonyl (C=O) groups is 1. The maximum absolute atomic E-state index is 12.2. The van der Waals surface area contributed by atoms with Gasteiger partial charge >= 0.3 is 0 Å². The topological polar surface area (TPSA) is 41.5 Å². The van der Waals surface area contributed by atoms with E-state index >= 15 is 0 Å². The summed E-state index contributed by atoms with van der Waals surface area (Å²) in [5.74, 6) is 0.414. The summed E-state index contributed by atoms with van der Waals surface area (Å²) in [5, 5.41) is 4.28. The third kappa shape index (κ3) is 3.91. The zero-order valence-electron chi connectivity index (χ0n) is 14.3. The van der Waals surface area contributed by atoms with E-state index < -0.39 is 0 Å². The van der Waals surface area contributed by atoms with Gasteiger partial charge in [0, 0.05) is 5.92 Å². The highest BCUT2D eigenvalue weighted by Gasteiger charge is 2.43. The molecule has 3 nitrogen and oxygen atoms in total. The van der Waals surface area contributed by atoms with Gasteiger partial charge < -0.3 is 0 Å². The van der Waals surface area contributed by atoms with E-state index in [0.29, 0.717) is 5.92 Å². The molecule has 0 bridgehead atoms. The molecular formula is C21H24N2O. The summed E-state index contributed by atoms with van der Waals surface area (Å²) in [6, 6.07) is 18.6. The molecule has 1 saturated carbocycles. The predicted octanol–water partition coefficient (Wildman–Crippen LogP) is 4.28. The second-order valence-corrected chi connectivity index (χ2v) is 6.48. The molecule has 0 radical (unpaired) electrons. The van der Waals surface area contributed by atoms with Crippen molar-refractivity contribution < 1.29 is 4.79 Å². The fourth-order valence-electron chi connectivity index (χ4n) is 3.04. The number of rotatable bonds is 6. The fraction of sp³-hybridized carbons (Fsp3) is 0.333. The van der Waals surface area contributed by atoms with Gasteiger partial charge in [-0.25, -0.2) is 5.43 Å². The summed E-state index contributed by atoms with van der Waals surface area (Å²) in [4.78, 5) is 12.2. The first kappa shape index (κ1) is 16.4. The van der Waals surface area contributed by atoms with Crippen molar-refractivity contribution in [3.63, 3.8) is 0 Å². The van der Waals surface area contributed by atoms with Crippen LogP contribution in [-0.2, 0) is 11.2 Å². The molecule has 2 aromatic carbocycles. The number of amides is 1. The number of hydrazone groups is 1. The zero-order valence-corrected chi connectivity index (χ0v) is 14.3. The molecule has 24 heavy (non-hydrogen) atoms. The summed E-state index contributed by atoms with van der Waals surface area (Å²) in [6.07, 6.45) is 3.15. The number of hydrogen-bond acceptors (Lipinski definition) is 2. The Balaban J connectivity index is 1.56. The van der Waals surface area contributed by atoms with E-state index in [-0.39, 0.29) is 11.8 Å². The van der Waals surface area contributed by atoms with Gasteiger partial charge in [0.05, 0.1) is 5.71 Å². The van der Waals surface area contributed by atoms with E-state index in [1.807, 2.05) is 25.1 Å². The number of carbonyl (C=O) groups excluding carboxylic acids is 1. The molecule has 124 valence electrons. The van der Waals surface area contributed by atoms with Crippen molar-refractivity contribution in [2.24, 2.45) is 11.0 Å². The third-order valence-electron chi connectivity index (χ3n) is 4.60. The van der Waals surface area contributed by atoms with Crippen molar-refractivity contribution in [1.29, 1.82) is 0 Å². The van der Waals surface area contributed by atoms with Gasteiger partial charge in [-0.1, -0.05) is 67.9 Å². The van der Waals surface area contributed by atoms with Crippen LogP contribution < -0.4 is 5.43 Å². The number of nitrogens with zero attached hydrogens (tertiary/aromatic N) is 1. The second-order valence-electron chi connectivity index (χ2n) is 6.48. The molecule has 2 aromatic rings. The highest BCUT2D eigenvalue weighted by molar-refractivity contribution is 5.99. The van der Waals surface area contributed by atoms with Crippen LogP contribution in [0.4, 0.5) is 0 Å². The Morgan fingerprint density at radius 1 is 1.12 bits per heavy atom. The molecule has 1 fully saturated rings. The van der Waals surface area contributed by atoms with Gasteiger partial charge in [-0.2, -0.15) is 5.10 Å². The van der Waals surface area contributed by atoms with Gasteiger partial charge in [0.2, 0.25) is 5.91 Å². The van der Waals surface area contributed by atoms with Crippen molar-refractivity contribution >= 4 is 11.6 Å². The molecular weight excluding hydrogens is 296 g/mol. The minimum atomic E-state index is 0.0193. The number of benzene rings is 2. The first-order valence-electron chi connectivity index (χ1n) is 8.67. The Kier molecular flexibility index (Phi) is 5.09. The van der Waals surface area contributed by atoms with Gasteiger partial charge in [0.1, 0.15) is 0 Å². The normalized spacial score (nSPS) is 19.8. The molecule has 0 spiro atoms. The van der Waals surface area contributed by atoms with E-state index in [2.05, 4.69) is 53.8 Å². The van der Waals surface area contributed by atoms with Crippen LogP contribution >= 0.6 is 0 Å². The minimum Gasteiger partial charge on any atom is -0.273 e. The fourth-order valence-corrected chi connectivity index (χ4v) is 3.04. The van der Waals surface area contributed by atoms with Crippen molar-refractivity contribution in [3.05, 3.63) is 71.3 Å². The summed E-state index contributed by atoms with van der Waals surface area (Å²) in [6.45, 7) is 4.10. The van der Waals surface area contributed by atoms with Crippen LogP contribution in [0, 0.1) is 5.92 Å². The molecule has 3 rings (SSSR count).